The zero-order chi connectivity index (χ0) is 16.8. The number of carbonyl (C=O) groups excluding carboxylic acids is 1. The van der Waals surface area contributed by atoms with Crippen molar-refractivity contribution in [1.82, 2.24) is 9.97 Å². The lowest BCUT2D eigenvalue weighted by atomic mass is 10.2. The first kappa shape index (κ1) is 16.4. The molecular weight excluding hydrogens is 290 g/mol. The number of aromatic nitrogens is 2. The van der Waals surface area contributed by atoms with Crippen molar-refractivity contribution in [3.8, 4) is 6.07 Å². The fourth-order valence-corrected chi connectivity index (χ4v) is 2.21. The number of nitrogens with zero attached hydrogens (tertiary/aromatic N) is 4. The minimum atomic E-state index is -0.0771. The highest BCUT2D eigenvalue weighted by atomic mass is 16.2. The van der Waals surface area contributed by atoms with Crippen LogP contribution >= 0.6 is 0 Å². The smallest absolute Gasteiger partial charge is 0.224 e. The van der Waals surface area contributed by atoms with Gasteiger partial charge in [-0.2, -0.15) is 5.26 Å². The Hall–Kier alpha value is -2.94. The zero-order valence-corrected chi connectivity index (χ0v) is 13.5. The average Bonchev–Trinajstić information content (AvgIpc) is 2.55. The number of hydrogen-bond acceptors (Lipinski definition) is 5. The summed E-state index contributed by atoms with van der Waals surface area (Å²) in [6.45, 7) is 6.18. The van der Waals surface area contributed by atoms with Crippen LogP contribution in [0.2, 0.25) is 0 Å². The largest absolute Gasteiger partial charge is 0.368 e. The van der Waals surface area contributed by atoms with Gasteiger partial charge in [-0.25, -0.2) is 9.97 Å². The van der Waals surface area contributed by atoms with Gasteiger partial charge in [0.2, 0.25) is 5.91 Å². The second-order valence-electron chi connectivity index (χ2n) is 5.04. The molecule has 0 fully saturated rings. The van der Waals surface area contributed by atoms with Crippen molar-refractivity contribution in [3.63, 3.8) is 0 Å². The number of benzene rings is 1. The molecule has 0 aliphatic heterocycles. The van der Waals surface area contributed by atoms with Crippen LogP contribution in [0.5, 0.6) is 0 Å². The van der Waals surface area contributed by atoms with Crippen molar-refractivity contribution >= 4 is 17.4 Å². The molecule has 1 amide bonds. The van der Waals surface area contributed by atoms with Crippen molar-refractivity contribution in [3.05, 3.63) is 47.4 Å². The third-order valence-electron chi connectivity index (χ3n) is 3.37. The molecule has 0 saturated carbocycles. The van der Waals surface area contributed by atoms with E-state index in [1.165, 1.54) is 6.92 Å². The van der Waals surface area contributed by atoms with Crippen LogP contribution in [-0.4, -0.2) is 22.4 Å². The summed E-state index contributed by atoms with van der Waals surface area (Å²) >= 11 is 0. The number of anilines is 2. The molecule has 118 valence electrons. The van der Waals surface area contributed by atoms with Gasteiger partial charge in [-0.05, 0) is 26.0 Å². The van der Waals surface area contributed by atoms with Crippen LogP contribution in [0, 0.1) is 18.3 Å². The summed E-state index contributed by atoms with van der Waals surface area (Å²) in [5, 5.41) is 12.2. The summed E-state index contributed by atoms with van der Waals surface area (Å²) < 4.78 is 0. The van der Waals surface area contributed by atoms with Gasteiger partial charge in [0.15, 0.2) is 11.5 Å². The normalized spacial score (nSPS) is 10.0. The average molecular weight is 309 g/mol. The highest BCUT2D eigenvalue weighted by molar-refractivity contribution is 5.91. The molecule has 6 nitrogen and oxygen atoms in total. The van der Waals surface area contributed by atoms with Crippen molar-refractivity contribution in [2.75, 3.05) is 16.8 Å². The Morgan fingerprint density at radius 2 is 2.00 bits per heavy atom. The van der Waals surface area contributed by atoms with Crippen LogP contribution < -0.4 is 10.2 Å². The Labute approximate surface area is 135 Å². The van der Waals surface area contributed by atoms with E-state index >= 15 is 0 Å². The van der Waals surface area contributed by atoms with Crippen molar-refractivity contribution < 1.29 is 4.79 Å². The molecule has 6 heteroatoms. The number of rotatable bonds is 5. The number of hydrogen-bond donors (Lipinski definition) is 1. The van der Waals surface area contributed by atoms with E-state index in [9.17, 15) is 4.79 Å². The summed E-state index contributed by atoms with van der Waals surface area (Å²) in [6.07, 6.45) is 0. The van der Waals surface area contributed by atoms with E-state index in [0.717, 1.165) is 5.69 Å². The van der Waals surface area contributed by atoms with Gasteiger partial charge in [0, 0.05) is 19.2 Å². The monoisotopic (exact) mass is 309 g/mol. The molecule has 0 bridgehead atoms. The van der Waals surface area contributed by atoms with E-state index in [1.54, 1.807) is 11.8 Å². The molecule has 0 atom stereocenters. The zero-order valence-electron chi connectivity index (χ0n) is 13.5. The predicted molar refractivity (Wildman–Crippen MR) is 89.0 cm³/mol. The highest BCUT2D eigenvalue weighted by Gasteiger charge is 2.17. The maximum atomic E-state index is 12.0. The lowest BCUT2D eigenvalue weighted by Crippen LogP contribution is -2.29. The first-order valence-electron chi connectivity index (χ1n) is 7.41. The minimum Gasteiger partial charge on any atom is -0.368 e. The standard InChI is InChI=1S/C17H19N5O/c1-4-19-17-15(10-18)20-12(2)16(21-17)11-22(13(3)23)14-8-6-5-7-9-14/h5-9H,4,11H2,1-3H3,(H,19,21). The molecule has 2 aromatic rings. The molecule has 0 spiro atoms. The quantitative estimate of drug-likeness (QED) is 0.918. The van der Waals surface area contributed by atoms with Crippen LogP contribution in [0.25, 0.3) is 0 Å². The van der Waals surface area contributed by atoms with Crippen LogP contribution in [0.3, 0.4) is 0 Å². The van der Waals surface area contributed by atoms with E-state index in [2.05, 4.69) is 15.3 Å². The van der Waals surface area contributed by atoms with Gasteiger partial charge in [-0.3, -0.25) is 4.79 Å². The van der Waals surface area contributed by atoms with Gasteiger partial charge in [-0.15, -0.1) is 0 Å². The summed E-state index contributed by atoms with van der Waals surface area (Å²) in [6, 6.07) is 11.5. The molecule has 0 radical (unpaired) electrons. The Bertz CT molecular complexity index is 737. The van der Waals surface area contributed by atoms with Crippen LogP contribution in [0.1, 0.15) is 30.9 Å². The number of carbonyl (C=O) groups is 1. The van der Waals surface area contributed by atoms with Crippen molar-refractivity contribution in [2.45, 2.75) is 27.3 Å². The maximum Gasteiger partial charge on any atom is 0.224 e. The van der Waals surface area contributed by atoms with Gasteiger partial charge in [-0.1, -0.05) is 18.2 Å². The SMILES string of the molecule is CCNc1nc(CN(C(C)=O)c2ccccc2)c(C)nc1C#N. The van der Waals surface area contributed by atoms with E-state index in [0.29, 0.717) is 30.3 Å². The first-order chi connectivity index (χ1) is 11.1. The van der Waals surface area contributed by atoms with Gasteiger partial charge in [0.25, 0.3) is 0 Å². The fraction of sp³-hybridized carbons (Fsp3) is 0.294. The predicted octanol–water partition coefficient (Wildman–Crippen LogP) is 2.64. The first-order valence-corrected chi connectivity index (χ1v) is 7.41. The molecule has 0 aliphatic carbocycles. The van der Waals surface area contributed by atoms with E-state index < -0.39 is 0 Å². The number of para-hydroxylation sites is 1. The van der Waals surface area contributed by atoms with Gasteiger partial charge < -0.3 is 10.2 Å². The van der Waals surface area contributed by atoms with Crippen LogP contribution in [0.4, 0.5) is 11.5 Å². The molecule has 1 heterocycles. The Kier molecular flexibility index (Phi) is 5.26. The lowest BCUT2D eigenvalue weighted by Gasteiger charge is -2.22. The maximum absolute atomic E-state index is 12.0. The molecule has 2 rings (SSSR count). The summed E-state index contributed by atoms with van der Waals surface area (Å²) in [5.41, 5.74) is 2.38. The van der Waals surface area contributed by atoms with Crippen molar-refractivity contribution in [1.29, 1.82) is 5.26 Å². The highest BCUT2D eigenvalue weighted by Crippen LogP contribution is 2.19. The van der Waals surface area contributed by atoms with Crippen molar-refractivity contribution in [2.24, 2.45) is 0 Å². The second-order valence-corrected chi connectivity index (χ2v) is 5.04. The Morgan fingerprint density at radius 3 is 2.57 bits per heavy atom. The Morgan fingerprint density at radius 1 is 1.30 bits per heavy atom. The number of amides is 1. The summed E-state index contributed by atoms with van der Waals surface area (Å²) in [5.74, 6) is 0.374. The lowest BCUT2D eigenvalue weighted by molar-refractivity contribution is -0.116. The third kappa shape index (κ3) is 3.83. The Balaban J connectivity index is 2.39. The summed E-state index contributed by atoms with van der Waals surface area (Å²) in [4.78, 5) is 22.4. The topological polar surface area (TPSA) is 81.9 Å². The second kappa shape index (κ2) is 7.36. The number of aryl methyl sites for hydroxylation is 1. The summed E-state index contributed by atoms with van der Waals surface area (Å²) in [7, 11) is 0. The third-order valence-corrected chi connectivity index (χ3v) is 3.37. The molecule has 23 heavy (non-hydrogen) atoms. The van der Waals surface area contributed by atoms with Gasteiger partial charge in [0.1, 0.15) is 6.07 Å². The van der Waals surface area contributed by atoms with E-state index in [-0.39, 0.29) is 11.6 Å². The molecule has 0 aliphatic rings. The van der Waals surface area contributed by atoms with E-state index in [4.69, 9.17) is 5.26 Å². The minimum absolute atomic E-state index is 0.0771. The van der Waals surface area contributed by atoms with Gasteiger partial charge in [0.05, 0.1) is 17.9 Å². The van der Waals surface area contributed by atoms with Gasteiger partial charge >= 0.3 is 0 Å². The van der Waals surface area contributed by atoms with E-state index in [1.807, 2.05) is 43.3 Å². The number of nitriles is 1. The molecule has 1 aromatic carbocycles. The van der Waals surface area contributed by atoms with Crippen LogP contribution in [-0.2, 0) is 11.3 Å². The number of nitrogens with one attached hydrogen (secondary N) is 1. The molecule has 1 aromatic heterocycles. The molecule has 1 N–H and O–H groups in total. The fourth-order valence-electron chi connectivity index (χ4n) is 2.21. The molecule has 0 saturated heterocycles. The van der Waals surface area contributed by atoms with Crippen LogP contribution in [0.15, 0.2) is 30.3 Å². The molecular formula is C17H19N5O. The molecule has 0 unspecified atom stereocenters.